The minimum Gasteiger partial charge on any atom is -0.389 e. The molecule has 2 fully saturated rings. The molecule has 0 radical (unpaired) electrons. The number of likely N-dealkylation sites (N-methyl/N-ethyl adjacent to an activating group) is 1. The fraction of sp³-hybridized carbons (Fsp3) is 1.00. The molecule has 2 aliphatic heterocycles. The third kappa shape index (κ3) is 0.779. The van der Waals surface area contributed by atoms with E-state index in [0.717, 1.165) is 13.0 Å². The summed E-state index contributed by atoms with van der Waals surface area (Å²) < 4.78 is 5.37. The van der Waals surface area contributed by atoms with Crippen LogP contribution in [0.4, 0.5) is 0 Å². The van der Waals surface area contributed by atoms with Crippen molar-refractivity contribution < 1.29 is 9.84 Å². The Morgan fingerprint density at radius 3 is 3.10 bits per heavy atom. The van der Waals surface area contributed by atoms with Crippen LogP contribution < -0.4 is 0 Å². The highest BCUT2D eigenvalue weighted by Gasteiger charge is 2.42. The number of rotatable bonds is 0. The minimum atomic E-state index is -0.252. The lowest BCUT2D eigenvalue weighted by atomic mass is 10.1. The van der Waals surface area contributed by atoms with Crippen molar-refractivity contribution in [2.45, 2.75) is 24.7 Å². The highest BCUT2D eigenvalue weighted by molar-refractivity contribution is 4.95. The smallest absolute Gasteiger partial charge is 0.0953 e. The number of nitrogens with zero attached hydrogens (tertiary/aromatic N) is 1. The Kier molecular flexibility index (Phi) is 1.44. The summed E-state index contributed by atoms with van der Waals surface area (Å²) >= 11 is 0. The molecule has 10 heavy (non-hydrogen) atoms. The molecule has 0 unspecified atom stereocenters. The van der Waals surface area contributed by atoms with Crippen LogP contribution in [0.2, 0.25) is 0 Å². The van der Waals surface area contributed by atoms with Gasteiger partial charge in [0.1, 0.15) is 0 Å². The van der Waals surface area contributed by atoms with Crippen molar-refractivity contribution in [3.05, 3.63) is 0 Å². The van der Waals surface area contributed by atoms with Gasteiger partial charge in [-0.3, -0.25) is 4.90 Å². The summed E-state index contributed by atoms with van der Waals surface area (Å²) in [4.78, 5) is 2.18. The molecule has 3 heteroatoms. The zero-order chi connectivity index (χ0) is 7.14. The fourth-order valence-electron chi connectivity index (χ4n) is 1.98. The zero-order valence-electron chi connectivity index (χ0n) is 6.16. The summed E-state index contributed by atoms with van der Waals surface area (Å²) in [5.74, 6) is 0. The Hall–Kier alpha value is -0.120. The fourth-order valence-corrected chi connectivity index (χ4v) is 1.98. The van der Waals surface area contributed by atoms with Gasteiger partial charge in [-0.1, -0.05) is 0 Å². The maximum atomic E-state index is 9.40. The second-order valence-corrected chi connectivity index (χ2v) is 3.20. The Morgan fingerprint density at radius 1 is 1.60 bits per heavy atom. The molecule has 0 amide bonds. The summed E-state index contributed by atoms with van der Waals surface area (Å²) in [6.07, 6.45) is 1.13. The highest BCUT2D eigenvalue weighted by Crippen LogP contribution is 2.27. The van der Waals surface area contributed by atoms with E-state index in [1.54, 1.807) is 0 Å². The SMILES string of the molecule is CN1CC[C@H]2OC[C@H](O)[C@H]21. The van der Waals surface area contributed by atoms with Gasteiger partial charge in [0, 0.05) is 6.54 Å². The minimum absolute atomic E-state index is 0.252. The molecule has 0 spiro atoms. The Labute approximate surface area is 60.6 Å². The molecule has 2 rings (SSSR count). The second kappa shape index (κ2) is 2.19. The molecule has 2 aliphatic rings. The molecule has 2 saturated heterocycles. The van der Waals surface area contributed by atoms with Gasteiger partial charge < -0.3 is 9.84 Å². The van der Waals surface area contributed by atoms with Crippen LogP contribution in [0.3, 0.4) is 0 Å². The third-order valence-electron chi connectivity index (χ3n) is 2.53. The molecule has 0 aromatic rings. The van der Waals surface area contributed by atoms with E-state index in [4.69, 9.17) is 4.74 Å². The van der Waals surface area contributed by atoms with Crippen molar-refractivity contribution >= 4 is 0 Å². The average molecular weight is 143 g/mol. The van der Waals surface area contributed by atoms with Crippen LogP contribution in [-0.2, 0) is 4.74 Å². The van der Waals surface area contributed by atoms with Gasteiger partial charge in [-0.15, -0.1) is 0 Å². The van der Waals surface area contributed by atoms with Crippen LogP contribution in [0.1, 0.15) is 6.42 Å². The standard InChI is InChI=1S/C7H13NO2/c1-8-3-2-6-7(8)5(9)4-10-6/h5-7,9H,2-4H2,1H3/t5-,6+,7+/m0/s1. The van der Waals surface area contributed by atoms with Crippen molar-refractivity contribution in [1.29, 1.82) is 0 Å². The number of ether oxygens (including phenoxy) is 1. The molecule has 2 heterocycles. The predicted molar refractivity (Wildman–Crippen MR) is 36.8 cm³/mol. The summed E-state index contributed by atoms with van der Waals surface area (Å²) in [5, 5.41) is 9.40. The van der Waals surface area contributed by atoms with E-state index in [9.17, 15) is 5.11 Å². The molecule has 0 aliphatic carbocycles. The van der Waals surface area contributed by atoms with Gasteiger partial charge >= 0.3 is 0 Å². The first-order chi connectivity index (χ1) is 4.79. The highest BCUT2D eigenvalue weighted by atomic mass is 16.5. The van der Waals surface area contributed by atoms with Crippen molar-refractivity contribution in [3.8, 4) is 0 Å². The van der Waals surface area contributed by atoms with Crippen LogP contribution >= 0.6 is 0 Å². The molecule has 0 saturated carbocycles. The van der Waals surface area contributed by atoms with Crippen LogP contribution in [0.5, 0.6) is 0 Å². The van der Waals surface area contributed by atoms with Crippen LogP contribution in [0.15, 0.2) is 0 Å². The van der Waals surface area contributed by atoms with E-state index in [1.807, 2.05) is 7.05 Å². The molecular weight excluding hydrogens is 130 g/mol. The molecule has 0 aromatic carbocycles. The number of likely N-dealkylation sites (tertiary alicyclic amines) is 1. The predicted octanol–water partition coefficient (Wildman–Crippen LogP) is -0.550. The van der Waals surface area contributed by atoms with E-state index in [-0.39, 0.29) is 12.1 Å². The second-order valence-electron chi connectivity index (χ2n) is 3.20. The van der Waals surface area contributed by atoms with E-state index in [0.29, 0.717) is 12.7 Å². The lowest BCUT2D eigenvalue weighted by Crippen LogP contribution is -2.37. The number of aliphatic hydroxyl groups is 1. The molecular formula is C7H13NO2. The molecule has 3 nitrogen and oxygen atoms in total. The van der Waals surface area contributed by atoms with Gasteiger partial charge in [-0.05, 0) is 13.5 Å². The van der Waals surface area contributed by atoms with Gasteiger partial charge in [0.2, 0.25) is 0 Å². The van der Waals surface area contributed by atoms with E-state index in [1.165, 1.54) is 0 Å². The molecule has 0 bridgehead atoms. The maximum Gasteiger partial charge on any atom is 0.0953 e. The summed E-state index contributed by atoms with van der Waals surface area (Å²) in [6.45, 7) is 1.59. The van der Waals surface area contributed by atoms with Crippen molar-refractivity contribution in [1.82, 2.24) is 4.90 Å². The zero-order valence-corrected chi connectivity index (χ0v) is 6.16. The topological polar surface area (TPSA) is 32.7 Å². The Bertz CT molecular complexity index is 126. The maximum absolute atomic E-state index is 9.40. The number of fused-ring (bicyclic) bond motifs is 1. The molecule has 58 valence electrons. The van der Waals surface area contributed by atoms with Crippen molar-refractivity contribution in [2.75, 3.05) is 20.2 Å². The summed E-state index contributed by atoms with van der Waals surface area (Å²) in [5.41, 5.74) is 0. The van der Waals surface area contributed by atoms with E-state index >= 15 is 0 Å². The molecule has 1 N–H and O–H groups in total. The number of hydrogen-bond donors (Lipinski definition) is 1. The number of hydrogen-bond acceptors (Lipinski definition) is 3. The molecule has 0 aromatic heterocycles. The Balaban J connectivity index is 2.11. The first kappa shape index (κ1) is 6.58. The van der Waals surface area contributed by atoms with E-state index < -0.39 is 0 Å². The quantitative estimate of drug-likeness (QED) is 0.494. The summed E-state index contributed by atoms with van der Waals surface area (Å²) in [6, 6.07) is 0.278. The number of aliphatic hydroxyl groups excluding tert-OH is 1. The Morgan fingerprint density at radius 2 is 2.40 bits per heavy atom. The molecule has 3 atom stereocenters. The first-order valence-electron chi connectivity index (χ1n) is 3.79. The van der Waals surface area contributed by atoms with Gasteiger partial charge in [0.15, 0.2) is 0 Å². The largest absolute Gasteiger partial charge is 0.389 e. The van der Waals surface area contributed by atoms with Crippen LogP contribution in [-0.4, -0.2) is 48.5 Å². The van der Waals surface area contributed by atoms with Gasteiger partial charge in [-0.25, -0.2) is 0 Å². The lowest BCUT2D eigenvalue weighted by Gasteiger charge is -2.19. The first-order valence-corrected chi connectivity index (χ1v) is 3.79. The van der Waals surface area contributed by atoms with E-state index in [2.05, 4.69) is 4.90 Å². The van der Waals surface area contributed by atoms with Crippen LogP contribution in [0.25, 0.3) is 0 Å². The average Bonchev–Trinajstić information content (AvgIpc) is 2.40. The normalized spacial score (nSPS) is 48.0. The van der Waals surface area contributed by atoms with Crippen molar-refractivity contribution in [3.63, 3.8) is 0 Å². The third-order valence-corrected chi connectivity index (χ3v) is 2.53. The van der Waals surface area contributed by atoms with Crippen molar-refractivity contribution in [2.24, 2.45) is 0 Å². The van der Waals surface area contributed by atoms with Gasteiger partial charge in [0.05, 0.1) is 24.9 Å². The van der Waals surface area contributed by atoms with Gasteiger partial charge in [0.25, 0.3) is 0 Å². The monoisotopic (exact) mass is 143 g/mol. The summed E-state index contributed by atoms with van der Waals surface area (Å²) in [7, 11) is 2.04. The van der Waals surface area contributed by atoms with Crippen LogP contribution in [0, 0.1) is 0 Å². The van der Waals surface area contributed by atoms with Gasteiger partial charge in [-0.2, -0.15) is 0 Å². The lowest BCUT2D eigenvalue weighted by molar-refractivity contribution is 0.0840.